The molecule has 0 aliphatic carbocycles. The molecule has 150 valence electrons. The van der Waals surface area contributed by atoms with Crippen molar-refractivity contribution in [2.75, 3.05) is 5.32 Å². The summed E-state index contributed by atoms with van der Waals surface area (Å²) in [4.78, 5) is 12.5. The Bertz CT molecular complexity index is 954. The first-order valence-electron chi connectivity index (χ1n) is 8.66. The maximum absolute atomic E-state index is 15.2. The number of Topliss-reactive ketones (excluding diaryl/α,β-unsaturated/α-hetero) is 1. The van der Waals surface area contributed by atoms with E-state index in [4.69, 9.17) is 0 Å². The molecule has 0 bridgehead atoms. The molecular formula is C22H16F5NO. The Morgan fingerprint density at radius 3 is 1.76 bits per heavy atom. The molecule has 0 fully saturated rings. The molecular weight excluding hydrogens is 389 g/mol. The van der Waals surface area contributed by atoms with E-state index in [1.165, 1.54) is 36.4 Å². The molecule has 3 aromatic carbocycles. The van der Waals surface area contributed by atoms with Gasteiger partial charge in [0.05, 0.1) is 5.56 Å². The molecule has 0 aliphatic rings. The number of alkyl halides is 5. The summed E-state index contributed by atoms with van der Waals surface area (Å²) >= 11 is 0. The van der Waals surface area contributed by atoms with E-state index in [-0.39, 0.29) is 11.1 Å². The lowest BCUT2D eigenvalue weighted by atomic mass is 9.93. The Morgan fingerprint density at radius 2 is 1.24 bits per heavy atom. The normalized spacial score (nSPS) is 13.0. The number of carbonyl (C=O) groups excluding carboxylic acids is 1. The van der Waals surface area contributed by atoms with E-state index in [0.29, 0.717) is 5.69 Å². The molecule has 3 rings (SSSR count). The predicted molar refractivity (Wildman–Crippen MR) is 100.0 cm³/mol. The average molecular weight is 405 g/mol. The van der Waals surface area contributed by atoms with Gasteiger partial charge in [0.15, 0.2) is 0 Å². The van der Waals surface area contributed by atoms with Crippen LogP contribution in [0.15, 0.2) is 84.9 Å². The van der Waals surface area contributed by atoms with Crippen LogP contribution in [0.5, 0.6) is 0 Å². The third-order valence-electron chi connectivity index (χ3n) is 4.36. The van der Waals surface area contributed by atoms with Crippen molar-refractivity contribution < 1.29 is 26.7 Å². The number of anilines is 1. The van der Waals surface area contributed by atoms with Gasteiger partial charge in [-0.25, -0.2) is 0 Å². The smallest absolute Gasteiger partial charge is 0.372 e. The van der Waals surface area contributed by atoms with Crippen molar-refractivity contribution in [3.05, 3.63) is 102 Å². The van der Waals surface area contributed by atoms with Crippen LogP contribution in [0.4, 0.5) is 27.6 Å². The fraction of sp³-hybridized carbons (Fsp3) is 0.136. The summed E-state index contributed by atoms with van der Waals surface area (Å²) in [5, 5.41) is 2.59. The third kappa shape index (κ3) is 4.62. The van der Waals surface area contributed by atoms with E-state index in [9.17, 15) is 18.0 Å². The predicted octanol–water partition coefficient (Wildman–Crippen LogP) is 6.38. The molecule has 0 amide bonds. The number of carbonyl (C=O) groups is 1. The second kappa shape index (κ2) is 8.03. The molecule has 7 heteroatoms. The zero-order chi connectivity index (χ0) is 21.1. The average Bonchev–Trinajstić information content (AvgIpc) is 2.72. The number of hydrogen-bond acceptors (Lipinski definition) is 2. The molecule has 0 aliphatic heterocycles. The summed E-state index contributed by atoms with van der Waals surface area (Å²) in [5.41, 5.74) is -0.990. The van der Waals surface area contributed by atoms with E-state index in [1.54, 1.807) is 24.3 Å². The third-order valence-corrected chi connectivity index (χ3v) is 4.36. The van der Waals surface area contributed by atoms with E-state index >= 15 is 8.78 Å². The number of benzene rings is 3. The van der Waals surface area contributed by atoms with Crippen LogP contribution < -0.4 is 5.32 Å². The second-order valence-electron chi connectivity index (χ2n) is 6.38. The van der Waals surface area contributed by atoms with Crippen LogP contribution in [-0.4, -0.2) is 11.7 Å². The Labute approximate surface area is 164 Å². The molecule has 0 spiro atoms. The summed E-state index contributed by atoms with van der Waals surface area (Å²) < 4.78 is 69.0. The topological polar surface area (TPSA) is 29.1 Å². The summed E-state index contributed by atoms with van der Waals surface area (Å²) in [6, 6.07) is 16.5. The maximum atomic E-state index is 15.2. The van der Waals surface area contributed by atoms with Crippen molar-refractivity contribution in [3.63, 3.8) is 0 Å². The minimum Gasteiger partial charge on any atom is -0.372 e. The van der Waals surface area contributed by atoms with Crippen molar-refractivity contribution in [2.45, 2.75) is 18.1 Å². The highest BCUT2D eigenvalue weighted by Gasteiger charge is 2.48. The molecule has 1 atom stereocenters. The molecule has 3 aromatic rings. The van der Waals surface area contributed by atoms with Gasteiger partial charge >= 0.3 is 12.1 Å². The molecule has 0 radical (unpaired) electrons. The molecule has 1 N–H and O–H groups in total. The molecule has 0 aromatic heterocycles. The lowest BCUT2D eigenvalue weighted by molar-refractivity contribution is -0.137. The van der Waals surface area contributed by atoms with Gasteiger partial charge < -0.3 is 5.32 Å². The second-order valence-corrected chi connectivity index (χ2v) is 6.38. The summed E-state index contributed by atoms with van der Waals surface area (Å²) in [7, 11) is 0. The Kier molecular flexibility index (Phi) is 5.68. The number of hydrogen-bond donors (Lipinski definition) is 1. The summed E-state index contributed by atoms with van der Waals surface area (Å²) in [6.07, 6.45) is -4.59. The Balaban J connectivity index is 2.01. The maximum Gasteiger partial charge on any atom is 0.416 e. The fourth-order valence-electron chi connectivity index (χ4n) is 2.86. The first-order valence-corrected chi connectivity index (χ1v) is 8.66. The fourth-order valence-corrected chi connectivity index (χ4v) is 2.86. The number of ketones is 1. The van der Waals surface area contributed by atoms with Crippen molar-refractivity contribution in [3.8, 4) is 0 Å². The van der Waals surface area contributed by atoms with E-state index in [0.717, 1.165) is 24.3 Å². The monoisotopic (exact) mass is 405 g/mol. The number of para-hydroxylation sites is 1. The molecule has 2 nitrogen and oxygen atoms in total. The van der Waals surface area contributed by atoms with E-state index < -0.39 is 29.5 Å². The van der Waals surface area contributed by atoms with Gasteiger partial charge in [-0.05, 0) is 29.8 Å². The zero-order valence-electron chi connectivity index (χ0n) is 15.0. The largest absolute Gasteiger partial charge is 0.416 e. The van der Waals surface area contributed by atoms with Gasteiger partial charge in [-0.15, -0.1) is 0 Å². The molecule has 1 unspecified atom stereocenters. The van der Waals surface area contributed by atoms with Gasteiger partial charge in [-0.1, -0.05) is 60.7 Å². The SMILES string of the molecule is O=C(c1ccccc1)C(F)(F)C(Nc1ccccc1)c1ccc(C(F)(F)F)cc1. The standard InChI is InChI=1S/C22H16F5NO/c23-21(24,20(29)16-7-3-1-4-8-16)19(28-18-9-5-2-6-10-18)15-11-13-17(14-12-15)22(25,26)27/h1-14,19,28H. The van der Waals surface area contributed by atoms with Gasteiger partial charge in [-0.2, -0.15) is 22.0 Å². The van der Waals surface area contributed by atoms with Crippen LogP contribution in [0.2, 0.25) is 0 Å². The van der Waals surface area contributed by atoms with Crippen molar-refractivity contribution >= 4 is 11.5 Å². The lowest BCUT2D eigenvalue weighted by Gasteiger charge is -2.28. The van der Waals surface area contributed by atoms with Gasteiger partial charge in [0.1, 0.15) is 6.04 Å². The van der Waals surface area contributed by atoms with Crippen LogP contribution in [0, 0.1) is 0 Å². The van der Waals surface area contributed by atoms with Crippen LogP contribution in [0.3, 0.4) is 0 Å². The number of rotatable bonds is 6. The highest BCUT2D eigenvalue weighted by atomic mass is 19.4. The van der Waals surface area contributed by atoms with E-state index in [2.05, 4.69) is 5.32 Å². The van der Waals surface area contributed by atoms with Gasteiger partial charge in [0.2, 0.25) is 5.78 Å². The number of nitrogens with one attached hydrogen (secondary N) is 1. The van der Waals surface area contributed by atoms with Gasteiger partial charge in [-0.3, -0.25) is 4.79 Å². The minimum absolute atomic E-state index is 0.142. The minimum atomic E-state index is -4.59. The highest BCUT2D eigenvalue weighted by molar-refractivity contribution is 6.02. The first-order chi connectivity index (χ1) is 13.7. The van der Waals surface area contributed by atoms with Gasteiger partial charge in [0.25, 0.3) is 0 Å². The molecule has 29 heavy (non-hydrogen) atoms. The molecule has 0 saturated heterocycles. The Morgan fingerprint density at radius 1 is 0.724 bits per heavy atom. The molecule has 0 heterocycles. The Hall–Kier alpha value is -3.22. The van der Waals surface area contributed by atoms with Gasteiger partial charge in [0, 0.05) is 11.3 Å². The van der Waals surface area contributed by atoms with Crippen LogP contribution in [0.1, 0.15) is 27.5 Å². The highest BCUT2D eigenvalue weighted by Crippen LogP contribution is 2.38. The zero-order valence-corrected chi connectivity index (χ0v) is 15.0. The van der Waals surface area contributed by atoms with Crippen LogP contribution >= 0.6 is 0 Å². The number of halogens is 5. The van der Waals surface area contributed by atoms with E-state index in [1.807, 2.05) is 0 Å². The van der Waals surface area contributed by atoms with Crippen LogP contribution in [0.25, 0.3) is 0 Å². The molecule has 0 saturated carbocycles. The lowest BCUT2D eigenvalue weighted by Crippen LogP contribution is -2.40. The first kappa shape index (κ1) is 20.5. The van der Waals surface area contributed by atoms with Crippen molar-refractivity contribution in [1.29, 1.82) is 0 Å². The summed E-state index contributed by atoms with van der Waals surface area (Å²) in [6.45, 7) is 0. The van der Waals surface area contributed by atoms with Crippen LogP contribution in [-0.2, 0) is 6.18 Å². The summed E-state index contributed by atoms with van der Waals surface area (Å²) in [5.74, 6) is -5.34. The van der Waals surface area contributed by atoms with Crippen molar-refractivity contribution in [2.24, 2.45) is 0 Å². The quantitative estimate of drug-likeness (QED) is 0.381. The van der Waals surface area contributed by atoms with Crippen molar-refractivity contribution in [1.82, 2.24) is 0 Å².